The van der Waals surface area contributed by atoms with Crippen molar-refractivity contribution in [3.05, 3.63) is 16.1 Å². The summed E-state index contributed by atoms with van der Waals surface area (Å²) in [4.78, 5) is 6.73. The van der Waals surface area contributed by atoms with Crippen LogP contribution in [0.2, 0.25) is 10.0 Å². The fraction of sp³-hybridized carbons (Fsp3) is 0.667. The molecule has 6 heteroatoms. The van der Waals surface area contributed by atoms with Gasteiger partial charge < -0.3 is 15.3 Å². The van der Waals surface area contributed by atoms with Gasteiger partial charge in [-0.1, -0.05) is 30.1 Å². The molecule has 1 saturated heterocycles. The third-order valence-corrected chi connectivity index (χ3v) is 4.38. The Labute approximate surface area is 136 Å². The van der Waals surface area contributed by atoms with Crippen molar-refractivity contribution in [1.82, 2.24) is 4.98 Å². The van der Waals surface area contributed by atoms with E-state index in [0.29, 0.717) is 22.3 Å². The first-order valence-corrected chi connectivity index (χ1v) is 8.26. The number of hydrogen-bond acceptors (Lipinski definition) is 4. The number of anilines is 2. The second-order valence-corrected chi connectivity index (χ2v) is 6.70. The quantitative estimate of drug-likeness (QED) is 0.876. The van der Waals surface area contributed by atoms with Gasteiger partial charge in [0.2, 0.25) is 0 Å². The highest BCUT2D eigenvalue weighted by Crippen LogP contribution is 2.33. The van der Waals surface area contributed by atoms with Crippen LogP contribution >= 0.6 is 23.2 Å². The number of hydrogen-bond donors (Lipinski definition) is 2. The maximum atomic E-state index is 10.2. The van der Waals surface area contributed by atoms with Crippen molar-refractivity contribution in [2.24, 2.45) is 0 Å². The Morgan fingerprint density at radius 1 is 1.33 bits per heavy atom. The van der Waals surface area contributed by atoms with Crippen molar-refractivity contribution in [1.29, 1.82) is 0 Å². The summed E-state index contributed by atoms with van der Waals surface area (Å²) < 4.78 is 0. The fourth-order valence-corrected chi connectivity index (χ4v) is 3.07. The summed E-state index contributed by atoms with van der Waals surface area (Å²) in [5.74, 6) is 1.42. The molecular formula is C15H23Cl2N3O. The Kier molecular flexibility index (Phi) is 5.58. The molecule has 1 atom stereocenters. The predicted molar refractivity (Wildman–Crippen MR) is 89.7 cm³/mol. The van der Waals surface area contributed by atoms with Gasteiger partial charge in [-0.05, 0) is 38.7 Å². The first-order chi connectivity index (χ1) is 9.93. The Morgan fingerprint density at radius 2 is 2.10 bits per heavy atom. The summed E-state index contributed by atoms with van der Waals surface area (Å²) >= 11 is 12.5. The monoisotopic (exact) mass is 331 g/mol. The van der Waals surface area contributed by atoms with E-state index >= 15 is 0 Å². The van der Waals surface area contributed by atoms with Crippen LogP contribution in [0.25, 0.3) is 0 Å². The Bertz CT molecular complexity index is 494. The van der Waals surface area contributed by atoms with Gasteiger partial charge in [-0.2, -0.15) is 0 Å². The van der Waals surface area contributed by atoms with Crippen LogP contribution in [-0.4, -0.2) is 35.3 Å². The summed E-state index contributed by atoms with van der Waals surface area (Å²) in [5.41, 5.74) is -0.600. The van der Waals surface area contributed by atoms with Crippen molar-refractivity contribution in [3.8, 4) is 0 Å². The molecule has 0 aliphatic carbocycles. The van der Waals surface area contributed by atoms with E-state index in [1.54, 1.807) is 6.07 Å². The van der Waals surface area contributed by atoms with Gasteiger partial charge in [-0.15, -0.1) is 0 Å². The van der Waals surface area contributed by atoms with E-state index in [1.807, 2.05) is 6.92 Å². The summed E-state index contributed by atoms with van der Waals surface area (Å²) in [6.45, 7) is 6.39. The molecule has 1 aromatic heterocycles. The van der Waals surface area contributed by atoms with Gasteiger partial charge in [-0.25, -0.2) is 4.98 Å². The zero-order chi connectivity index (χ0) is 15.5. The van der Waals surface area contributed by atoms with Crippen LogP contribution in [0.4, 0.5) is 11.6 Å². The SMILES string of the molecule is CCCNc1nc(N2CCCC(C)(O)CC2)c(Cl)cc1Cl. The Balaban J connectivity index is 2.21. The largest absolute Gasteiger partial charge is 0.390 e. The van der Waals surface area contributed by atoms with Gasteiger partial charge in [0.05, 0.1) is 15.6 Å². The van der Waals surface area contributed by atoms with E-state index in [-0.39, 0.29) is 0 Å². The van der Waals surface area contributed by atoms with Crippen molar-refractivity contribution in [2.75, 3.05) is 29.9 Å². The molecule has 0 radical (unpaired) electrons. The van der Waals surface area contributed by atoms with Gasteiger partial charge in [0, 0.05) is 19.6 Å². The second-order valence-electron chi connectivity index (χ2n) is 5.89. The van der Waals surface area contributed by atoms with E-state index in [0.717, 1.165) is 44.7 Å². The lowest BCUT2D eigenvalue weighted by molar-refractivity contribution is 0.0481. The van der Waals surface area contributed by atoms with Crippen LogP contribution in [0.1, 0.15) is 39.5 Å². The average molecular weight is 332 g/mol. The number of aromatic nitrogens is 1. The molecule has 1 aromatic rings. The molecule has 4 nitrogen and oxygen atoms in total. The summed E-state index contributed by atoms with van der Waals surface area (Å²) in [7, 11) is 0. The first-order valence-electron chi connectivity index (χ1n) is 7.50. The molecule has 1 aliphatic rings. The van der Waals surface area contributed by atoms with Crippen molar-refractivity contribution >= 4 is 34.8 Å². The number of pyridine rings is 1. The van der Waals surface area contributed by atoms with E-state index in [2.05, 4.69) is 22.1 Å². The number of aliphatic hydroxyl groups is 1. The highest BCUT2D eigenvalue weighted by Gasteiger charge is 2.26. The minimum Gasteiger partial charge on any atom is -0.390 e. The highest BCUT2D eigenvalue weighted by molar-refractivity contribution is 6.37. The fourth-order valence-electron chi connectivity index (χ4n) is 2.52. The maximum Gasteiger partial charge on any atom is 0.149 e. The first kappa shape index (κ1) is 16.7. The third kappa shape index (κ3) is 4.38. The Hall–Kier alpha value is -0.710. The van der Waals surface area contributed by atoms with Crippen molar-refractivity contribution < 1.29 is 5.11 Å². The topological polar surface area (TPSA) is 48.4 Å². The van der Waals surface area contributed by atoms with Crippen LogP contribution in [0.5, 0.6) is 0 Å². The van der Waals surface area contributed by atoms with Crippen molar-refractivity contribution in [2.45, 2.75) is 45.1 Å². The van der Waals surface area contributed by atoms with E-state index in [9.17, 15) is 5.11 Å². The van der Waals surface area contributed by atoms with Gasteiger partial charge in [0.25, 0.3) is 0 Å². The molecule has 0 aromatic carbocycles. The molecule has 21 heavy (non-hydrogen) atoms. The number of nitrogens with zero attached hydrogens (tertiary/aromatic N) is 2. The molecule has 0 bridgehead atoms. The highest BCUT2D eigenvalue weighted by atomic mass is 35.5. The van der Waals surface area contributed by atoms with Crippen LogP contribution in [-0.2, 0) is 0 Å². The van der Waals surface area contributed by atoms with Gasteiger partial charge in [0.1, 0.15) is 11.6 Å². The molecule has 2 N–H and O–H groups in total. The molecule has 2 rings (SSSR count). The molecule has 0 spiro atoms. The van der Waals surface area contributed by atoms with Crippen LogP contribution in [0.3, 0.4) is 0 Å². The molecular weight excluding hydrogens is 309 g/mol. The number of nitrogens with one attached hydrogen (secondary N) is 1. The minimum absolute atomic E-state index is 0.541. The van der Waals surface area contributed by atoms with E-state index in [4.69, 9.17) is 23.2 Å². The van der Waals surface area contributed by atoms with Crippen LogP contribution < -0.4 is 10.2 Å². The van der Waals surface area contributed by atoms with Crippen LogP contribution in [0.15, 0.2) is 6.07 Å². The predicted octanol–water partition coefficient (Wildman–Crippen LogP) is 3.95. The lowest BCUT2D eigenvalue weighted by atomic mass is 9.98. The number of halogens is 2. The van der Waals surface area contributed by atoms with Crippen LogP contribution in [0, 0.1) is 0 Å². The second kappa shape index (κ2) is 7.03. The smallest absolute Gasteiger partial charge is 0.149 e. The molecule has 0 amide bonds. The minimum atomic E-state index is -0.600. The summed E-state index contributed by atoms with van der Waals surface area (Å²) in [5, 5.41) is 14.5. The molecule has 1 aliphatic heterocycles. The molecule has 118 valence electrons. The summed E-state index contributed by atoms with van der Waals surface area (Å²) in [6, 6.07) is 1.74. The molecule has 0 saturated carbocycles. The standard InChI is InChI=1S/C15H23Cl2N3O/c1-3-7-18-13-11(16)10-12(17)14(19-13)20-8-4-5-15(2,21)6-9-20/h10,21H,3-9H2,1-2H3,(H,18,19). The van der Waals surface area contributed by atoms with E-state index < -0.39 is 5.60 Å². The third-order valence-electron chi connectivity index (χ3n) is 3.82. The summed E-state index contributed by atoms with van der Waals surface area (Å²) in [6.07, 6.45) is 3.44. The van der Waals surface area contributed by atoms with Gasteiger partial charge in [-0.3, -0.25) is 0 Å². The van der Waals surface area contributed by atoms with Crippen molar-refractivity contribution in [3.63, 3.8) is 0 Å². The van der Waals surface area contributed by atoms with Gasteiger partial charge >= 0.3 is 0 Å². The number of rotatable bonds is 4. The molecule has 1 fully saturated rings. The zero-order valence-electron chi connectivity index (χ0n) is 12.6. The van der Waals surface area contributed by atoms with E-state index in [1.165, 1.54) is 0 Å². The normalized spacial score (nSPS) is 23.0. The lowest BCUT2D eigenvalue weighted by Gasteiger charge is -2.25. The average Bonchev–Trinajstić information content (AvgIpc) is 2.59. The molecule has 2 heterocycles. The molecule has 1 unspecified atom stereocenters. The Morgan fingerprint density at radius 3 is 2.81 bits per heavy atom. The van der Waals surface area contributed by atoms with Gasteiger partial charge in [0.15, 0.2) is 0 Å². The zero-order valence-corrected chi connectivity index (χ0v) is 14.1. The maximum absolute atomic E-state index is 10.2. The lowest BCUT2D eigenvalue weighted by Crippen LogP contribution is -2.29.